The molecule has 4 nitrogen and oxygen atoms in total. The lowest BCUT2D eigenvalue weighted by molar-refractivity contribution is -0.121. The lowest BCUT2D eigenvalue weighted by Crippen LogP contribution is -2.34. The number of hydrogen-bond donors (Lipinski definition) is 2. The molecule has 1 aliphatic rings. The van der Waals surface area contributed by atoms with E-state index in [9.17, 15) is 4.79 Å². The summed E-state index contributed by atoms with van der Waals surface area (Å²) in [5.41, 5.74) is 0. The summed E-state index contributed by atoms with van der Waals surface area (Å²) in [5.74, 6) is 0.831. The van der Waals surface area contributed by atoms with E-state index in [1.807, 2.05) is 18.7 Å². The molecule has 1 heterocycles. The number of thioether (sulfide) groups is 1. The monoisotopic (exact) mass is 285 g/mol. The van der Waals surface area contributed by atoms with Gasteiger partial charge in [0, 0.05) is 24.3 Å². The molecule has 110 valence electrons. The molecule has 0 saturated heterocycles. The topological polar surface area (TPSA) is 53.5 Å². The van der Waals surface area contributed by atoms with Crippen molar-refractivity contribution in [2.45, 2.75) is 58.2 Å². The van der Waals surface area contributed by atoms with E-state index in [1.165, 1.54) is 6.42 Å². The summed E-state index contributed by atoms with van der Waals surface area (Å²) >= 11 is 1.82. The van der Waals surface area contributed by atoms with Crippen LogP contribution >= 0.6 is 11.8 Å². The number of nitrogens with zero attached hydrogens (tertiary/aromatic N) is 1. The summed E-state index contributed by atoms with van der Waals surface area (Å²) in [6.07, 6.45) is 2.69. The minimum atomic E-state index is 0.115. The smallest absolute Gasteiger partial charge is 0.221 e. The lowest BCUT2D eigenvalue weighted by Gasteiger charge is -2.12. The van der Waals surface area contributed by atoms with Crippen LogP contribution in [0, 0.1) is 5.92 Å². The van der Waals surface area contributed by atoms with Crippen LogP contribution in [0.5, 0.6) is 0 Å². The predicted octanol–water partition coefficient (Wildman–Crippen LogP) is 2.40. The Balaban J connectivity index is 2.12. The zero-order valence-electron chi connectivity index (χ0n) is 12.5. The van der Waals surface area contributed by atoms with Gasteiger partial charge in [-0.1, -0.05) is 32.5 Å². The third-order valence-corrected chi connectivity index (χ3v) is 4.27. The summed E-state index contributed by atoms with van der Waals surface area (Å²) in [4.78, 5) is 16.1. The molecule has 0 radical (unpaired) electrons. The highest BCUT2D eigenvalue weighted by atomic mass is 32.2. The van der Waals surface area contributed by atoms with Crippen molar-refractivity contribution in [3.8, 4) is 0 Å². The summed E-state index contributed by atoms with van der Waals surface area (Å²) in [5, 5.41) is 7.83. The van der Waals surface area contributed by atoms with Crippen molar-refractivity contribution in [1.82, 2.24) is 10.6 Å². The Hall–Kier alpha value is -0.710. The highest BCUT2D eigenvalue weighted by Crippen LogP contribution is 2.25. The van der Waals surface area contributed by atoms with Gasteiger partial charge in [-0.2, -0.15) is 0 Å². The highest BCUT2D eigenvalue weighted by molar-refractivity contribution is 8.14. The molecule has 0 bridgehead atoms. The maximum Gasteiger partial charge on any atom is 0.221 e. The first-order valence-corrected chi connectivity index (χ1v) is 8.13. The predicted molar refractivity (Wildman–Crippen MR) is 83.7 cm³/mol. The van der Waals surface area contributed by atoms with Crippen molar-refractivity contribution in [1.29, 1.82) is 0 Å². The van der Waals surface area contributed by atoms with E-state index >= 15 is 0 Å². The molecular formula is C14H27N3OS. The van der Waals surface area contributed by atoms with Gasteiger partial charge in [0.15, 0.2) is 5.17 Å². The molecule has 2 atom stereocenters. The second-order valence-corrected chi connectivity index (χ2v) is 6.86. The third-order valence-electron chi connectivity index (χ3n) is 3.10. The van der Waals surface area contributed by atoms with Crippen molar-refractivity contribution >= 4 is 22.8 Å². The van der Waals surface area contributed by atoms with Crippen LogP contribution in [-0.4, -0.2) is 35.5 Å². The minimum absolute atomic E-state index is 0.115. The lowest BCUT2D eigenvalue weighted by atomic mass is 10.1. The van der Waals surface area contributed by atoms with Gasteiger partial charge in [-0.15, -0.1) is 0 Å². The normalized spacial score (nSPS) is 20.3. The number of amides is 1. The number of aliphatic imine (C=N–C) groups is 1. The van der Waals surface area contributed by atoms with Crippen LogP contribution in [0.4, 0.5) is 0 Å². The standard InChI is InChI=1S/C14H27N3OS/c1-5-11(4)17-13(18)6-7-15-14-16-9-12(19-14)8-10(2)3/h10-12H,5-9H2,1-4H3,(H,15,16)(H,17,18). The molecule has 1 rings (SSSR count). The molecule has 1 amide bonds. The van der Waals surface area contributed by atoms with Crippen molar-refractivity contribution in [3.63, 3.8) is 0 Å². The molecule has 0 spiro atoms. The van der Waals surface area contributed by atoms with E-state index < -0.39 is 0 Å². The molecule has 0 saturated carbocycles. The molecule has 2 N–H and O–H groups in total. The Bertz CT molecular complexity index is 318. The fourth-order valence-corrected chi connectivity index (χ4v) is 3.18. The molecule has 5 heteroatoms. The van der Waals surface area contributed by atoms with Gasteiger partial charge in [-0.05, 0) is 25.7 Å². The minimum Gasteiger partial charge on any atom is -0.364 e. The van der Waals surface area contributed by atoms with Gasteiger partial charge in [0.05, 0.1) is 6.54 Å². The van der Waals surface area contributed by atoms with E-state index in [2.05, 4.69) is 36.4 Å². The first-order chi connectivity index (χ1) is 9.01. The first-order valence-electron chi connectivity index (χ1n) is 7.25. The van der Waals surface area contributed by atoms with Gasteiger partial charge in [-0.3, -0.25) is 9.79 Å². The van der Waals surface area contributed by atoms with E-state index in [0.29, 0.717) is 24.1 Å². The maximum absolute atomic E-state index is 11.6. The summed E-state index contributed by atoms with van der Waals surface area (Å²) < 4.78 is 0. The molecule has 0 aromatic rings. The van der Waals surface area contributed by atoms with Crippen LogP contribution in [0.15, 0.2) is 4.99 Å². The Labute approximate surface area is 121 Å². The van der Waals surface area contributed by atoms with Gasteiger partial charge in [0.2, 0.25) is 5.91 Å². The molecule has 0 fully saturated rings. The average molecular weight is 285 g/mol. The molecule has 19 heavy (non-hydrogen) atoms. The fraction of sp³-hybridized carbons (Fsp3) is 0.857. The Morgan fingerprint density at radius 1 is 1.47 bits per heavy atom. The van der Waals surface area contributed by atoms with Gasteiger partial charge in [0.25, 0.3) is 0 Å². The quantitative estimate of drug-likeness (QED) is 0.755. The van der Waals surface area contributed by atoms with Gasteiger partial charge >= 0.3 is 0 Å². The van der Waals surface area contributed by atoms with Crippen LogP contribution < -0.4 is 10.6 Å². The maximum atomic E-state index is 11.6. The summed E-state index contributed by atoms with van der Waals surface area (Å²) in [7, 11) is 0. The fourth-order valence-electron chi connectivity index (χ4n) is 1.90. The van der Waals surface area contributed by atoms with Crippen molar-refractivity contribution < 1.29 is 4.79 Å². The first kappa shape index (κ1) is 16.3. The summed E-state index contributed by atoms with van der Waals surface area (Å²) in [6, 6.07) is 0.265. The van der Waals surface area contributed by atoms with Crippen molar-refractivity contribution in [2.75, 3.05) is 13.1 Å². The number of carbonyl (C=O) groups is 1. The van der Waals surface area contributed by atoms with Gasteiger partial charge < -0.3 is 10.6 Å². The molecule has 0 aromatic heterocycles. The number of amidine groups is 1. The zero-order valence-corrected chi connectivity index (χ0v) is 13.3. The number of carbonyl (C=O) groups excluding carboxylic acids is 1. The highest BCUT2D eigenvalue weighted by Gasteiger charge is 2.20. The SMILES string of the molecule is CCC(C)NC(=O)CCNC1=NCC(CC(C)C)S1. The average Bonchev–Trinajstić information content (AvgIpc) is 2.75. The number of hydrogen-bond acceptors (Lipinski definition) is 4. The van der Waals surface area contributed by atoms with E-state index in [-0.39, 0.29) is 11.9 Å². The third kappa shape index (κ3) is 6.85. The van der Waals surface area contributed by atoms with Crippen LogP contribution in [-0.2, 0) is 4.79 Å². The van der Waals surface area contributed by atoms with Gasteiger partial charge in [0.1, 0.15) is 0 Å². The largest absolute Gasteiger partial charge is 0.364 e. The van der Waals surface area contributed by atoms with Crippen LogP contribution in [0.2, 0.25) is 0 Å². The Morgan fingerprint density at radius 3 is 2.84 bits per heavy atom. The molecular weight excluding hydrogens is 258 g/mol. The van der Waals surface area contributed by atoms with Crippen LogP contribution in [0.3, 0.4) is 0 Å². The van der Waals surface area contributed by atoms with Crippen molar-refractivity contribution in [3.05, 3.63) is 0 Å². The van der Waals surface area contributed by atoms with E-state index in [1.54, 1.807) is 0 Å². The van der Waals surface area contributed by atoms with E-state index in [0.717, 1.165) is 18.1 Å². The molecule has 1 aliphatic heterocycles. The van der Waals surface area contributed by atoms with Crippen LogP contribution in [0.25, 0.3) is 0 Å². The second kappa shape index (κ2) is 8.46. The number of nitrogens with one attached hydrogen (secondary N) is 2. The zero-order chi connectivity index (χ0) is 14.3. The molecule has 0 aromatic carbocycles. The Morgan fingerprint density at radius 2 is 2.21 bits per heavy atom. The molecule has 2 unspecified atom stereocenters. The van der Waals surface area contributed by atoms with Crippen molar-refractivity contribution in [2.24, 2.45) is 10.9 Å². The van der Waals surface area contributed by atoms with Gasteiger partial charge in [-0.25, -0.2) is 0 Å². The molecule has 0 aliphatic carbocycles. The van der Waals surface area contributed by atoms with Crippen LogP contribution in [0.1, 0.15) is 47.0 Å². The summed E-state index contributed by atoms with van der Waals surface area (Å²) in [6.45, 7) is 10.2. The number of rotatable bonds is 7. The van der Waals surface area contributed by atoms with E-state index in [4.69, 9.17) is 0 Å². The Kier molecular flexibility index (Phi) is 7.28. The second-order valence-electron chi connectivity index (χ2n) is 5.57.